The van der Waals surface area contributed by atoms with Crippen molar-refractivity contribution in [1.29, 1.82) is 0 Å². The summed E-state index contributed by atoms with van der Waals surface area (Å²) in [6, 6.07) is 15.0. The number of amides is 1. The molecule has 0 saturated heterocycles. The van der Waals surface area contributed by atoms with E-state index in [-0.39, 0.29) is 18.1 Å². The molecule has 120 valence electrons. The van der Waals surface area contributed by atoms with E-state index >= 15 is 0 Å². The molecule has 23 heavy (non-hydrogen) atoms. The summed E-state index contributed by atoms with van der Waals surface area (Å²) in [5, 5.41) is 12.0. The largest absolute Gasteiger partial charge is 0.508 e. The fourth-order valence-electron chi connectivity index (χ4n) is 2.23. The first-order valence-corrected chi connectivity index (χ1v) is 7.27. The van der Waals surface area contributed by atoms with E-state index in [1.807, 2.05) is 30.3 Å². The molecule has 1 atom stereocenters. The highest BCUT2D eigenvalue weighted by molar-refractivity contribution is 5.85. The number of phenols is 1. The molecule has 5 heteroatoms. The van der Waals surface area contributed by atoms with Gasteiger partial charge in [-0.1, -0.05) is 42.5 Å². The van der Waals surface area contributed by atoms with Gasteiger partial charge in [-0.15, -0.1) is 0 Å². The first-order valence-electron chi connectivity index (χ1n) is 7.27. The summed E-state index contributed by atoms with van der Waals surface area (Å²) < 4.78 is 4.76. The lowest BCUT2D eigenvalue weighted by atomic mass is 10.0. The molecule has 0 aliphatic carbocycles. The molecular formula is C18H19NO4. The van der Waals surface area contributed by atoms with E-state index in [4.69, 9.17) is 4.74 Å². The van der Waals surface area contributed by atoms with Gasteiger partial charge in [-0.3, -0.25) is 4.79 Å². The highest BCUT2D eigenvalue weighted by Gasteiger charge is 2.22. The van der Waals surface area contributed by atoms with Gasteiger partial charge in [0, 0.05) is 6.42 Å². The van der Waals surface area contributed by atoms with E-state index in [0.29, 0.717) is 6.42 Å². The fraction of sp³-hybridized carbons (Fsp3) is 0.222. The Kier molecular flexibility index (Phi) is 5.74. The van der Waals surface area contributed by atoms with E-state index in [1.54, 1.807) is 12.1 Å². The number of esters is 1. The summed E-state index contributed by atoms with van der Waals surface area (Å²) in [6.45, 7) is 0. The zero-order valence-corrected chi connectivity index (χ0v) is 12.9. The van der Waals surface area contributed by atoms with E-state index in [9.17, 15) is 14.7 Å². The van der Waals surface area contributed by atoms with Gasteiger partial charge in [0.15, 0.2) is 0 Å². The molecule has 0 heterocycles. The molecule has 5 nitrogen and oxygen atoms in total. The maximum atomic E-state index is 12.1. The van der Waals surface area contributed by atoms with Crippen molar-refractivity contribution in [3.05, 3.63) is 65.7 Å². The first-order chi connectivity index (χ1) is 11.1. The molecule has 1 amide bonds. The maximum absolute atomic E-state index is 12.1. The van der Waals surface area contributed by atoms with Crippen molar-refractivity contribution in [3.8, 4) is 5.75 Å². The number of rotatable bonds is 6. The number of benzene rings is 2. The van der Waals surface area contributed by atoms with Gasteiger partial charge >= 0.3 is 5.97 Å². The van der Waals surface area contributed by atoms with Gasteiger partial charge in [-0.25, -0.2) is 4.79 Å². The molecule has 0 radical (unpaired) electrons. The van der Waals surface area contributed by atoms with Crippen LogP contribution >= 0.6 is 0 Å². The van der Waals surface area contributed by atoms with Gasteiger partial charge in [-0.2, -0.15) is 0 Å². The minimum Gasteiger partial charge on any atom is -0.508 e. The number of ether oxygens (including phenoxy) is 1. The molecule has 0 bridgehead atoms. The lowest BCUT2D eigenvalue weighted by molar-refractivity contribution is -0.145. The molecule has 0 aromatic heterocycles. The summed E-state index contributed by atoms with van der Waals surface area (Å²) in [6.07, 6.45) is 0.497. The SMILES string of the molecule is COC(=O)[C@H](Cc1ccc(O)cc1)NC(=O)Cc1ccccc1. The zero-order valence-electron chi connectivity index (χ0n) is 12.9. The van der Waals surface area contributed by atoms with Gasteiger partial charge < -0.3 is 15.2 Å². The second kappa shape index (κ2) is 7.98. The van der Waals surface area contributed by atoms with Crippen LogP contribution in [-0.2, 0) is 27.2 Å². The number of carbonyl (C=O) groups excluding carboxylic acids is 2. The molecule has 2 aromatic rings. The van der Waals surface area contributed by atoms with Gasteiger partial charge in [0.25, 0.3) is 0 Å². The molecule has 2 rings (SSSR count). The molecule has 0 aliphatic rings. The standard InChI is InChI=1S/C18H19NO4/c1-23-18(22)16(11-14-7-9-15(20)10-8-14)19-17(21)12-13-5-3-2-4-6-13/h2-10,16,20H,11-12H2,1H3,(H,19,21)/t16-/m0/s1. The van der Waals surface area contributed by atoms with Crippen LogP contribution in [0.1, 0.15) is 11.1 Å². The van der Waals surface area contributed by atoms with Gasteiger partial charge in [-0.05, 0) is 23.3 Å². The Morgan fingerprint density at radius 1 is 1.04 bits per heavy atom. The predicted octanol–water partition coefficient (Wildman–Crippen LogP) is 1.84. The molecule has 0 aliphatic heterocycles. The average Bonchev–Trinajstić information content (AvgIpc) is 2.56. The summed E-state index contributed by atoms with van der Waals surface area (Å²) in [5.41, 5.74) is 1.69. The van der Waals surface area contributed by atoms with Crippen LogP contribution in [0.2, 0.25) is 0 Å². The van der Waals surface area contributed by atoms with Crippen molar-refractivity contribution in [1.82, 2.24) is 5.32 Å². The molecule has 2 aromatic carbocycles. The van der Waals surface area contributed by atoms with Crippen LogP contribution in [0.15, 0.2) is 54.6 Å². The minimum absolute atomic E-state index is 0.150. The molecule has 2 N–H and O–H groups in total. The van der Waals surface area contributed by atoms with Crippen molar-refractivity contribution in [2.24, 2.45) is 0 Å². The third-order valence-corrected chi connectivity index (χ3v) is 3.40. The Morgan fingerprint density at radius 2 is 1.70 bits per heavy atom. The third kappa shape index (κ3) is 5.14. The van der Waals surface area contributed by atoms with Crippen LogP contribution in [-0.4, -0.2) is 30.1 Å². The quantitative estimate of drug-likeness (QED) is 0.798. The Balaban J connectivity index is 2.02. The Bertz CT molecular complexity index is 652. The van der Waals surface area contributed by atoms with E-state index in [0.717, 1.165) is 11.1 Å². The van der Waals surface area contributed by atoms with E-state index in [1.165, 1.54) is 19.2 Å². The normalized spacial score (nSPS) is 11.5. The van der Waals surface area contributed by atoms with Gasteiger partial charge in [0.1, 0.15) is 11.8 Å². The zero-order chi connectivity index (χ0) is 16.7. The third-order valence-electron chi connectivity index (χ3n) is 3.40. The number of methoxy groups -OCH3 is 1. The second-order valence-corrected chi connectivity index (χ2v) is 5.18. The van der Waals surface area contributed by atoms with Crippen molar-refractivity contribution in [3.63, 3.8) is 0 Å². The van der Waals surface area contributed by atoms with Crippen molar-refractivity contribution >= 4 is 11.9 Å². The second-order valence-electron chi connectivity index (χ2n) is 5.18. The van der Waals surface area contributed by atoms with E-state index < -0.39 is 12.0 Å². The van der Waals surface area contributed by atoms with Crippen LogP contribution in [0.5, 0.6) is 5.75 Å². The van der Waals surface area contributed by atoms with Crippen LogP contribution in [0.25, 0.3) is 0 Å². The number of phenolic OH excluding ortho intramolecular Hbond substituents is 1. The first kappa shape index (κ1) is 16.5. The summed E-state index contributed by atoms with van der Waals surface area (Å²) in [4.78, 5) is 24.0. The topological polar surface area (TPSA) is 75.6 Å². The smallest absolute Gasteiger partial charge is 0.328 e. The number of aromatic hydroxyl groups is 1. The van der Waals surface area contributed by atoms with Crippen molar-refractivity contribution in [2.75, 3.05) is 7.11 Å². The monoisotopic (exact) mass is 313 g/mol. The summed E-state index contributed by atoms with van der Waals surface area (Å²) >= 11 is 0. The van der Waals surface area contributed by atoms with Crippen LogP contribution in [0, 0.1) is 0 Å². The Labute approximate surface area is 134 Å². The highest BCUT2D eigenvalue weighted by Crippen LogP contribution is 2.12. The molecule has 0 fully saturated rings. The van der Waals surface area contributed by atoms with Crippen molar-refractivity contribution < 1.29 is 19.4 Å². The average molecular weight is 313 g/mol. The van der Waals surface area contributed by atoms with Gasteiger partial charge in [0.2, 0.25) is 5.91 Å². The van der Waals surface area contributed by atoms with Crippen LogP contribution in [0.3, 0.4) is 0 Å². The molecule has 0 spiro atoms. The molecule has 0 saturated carbocycles. The number of carbonyl (C=O) groups is 2. The summed E-state index contributed by atoms with van der Waals surface area (Å²) in [5.74, 6) is -0.596. The Morgan fingerprint density at radius 3 is 2.30 bits per heavy atom. The number of hydrogen-bond acceptors (Lipinski definition) is 4. The van der Waals surface area contributed by atoms with Crippen LogP contribution < -0.4 is 5.32 Å². The number of nitrogens with one attached hydrogen (secondary N) is 1. The highest BCUT2D eigenvalue weighted by atomic mass is 16.5. The summed E-state index contributed by atoms with van der Waals surface area (Å²) in [7, 11) is 1.29. The van der Waals surface area contributed by atoms with E-state index in [2.05, 4.69) is 5.32 Å². The van der Waals surface area contributed by atoms with Gasteiger partial charge in [0.05, 0.1) is 13.5 Å². The molecular weight excluding hydrogens is 294 g/mol. The lowest BCUT2D eigenvalue weighted by Gasteiger charge is -2.16. The minimum atomic E-state index is -0.763. The maximum Gasteiger partial charge on any atom is 0.328 e. The molecule has 0 unspecified atom stereocenters. The fourth-order valence-corrected chi connectivity index (χ4v) is 2.23. The van der Waals surface area contributed by atoms with Crippen molar-refractivity contribution in [2.45, 2.75) is 18.9 Å². The number of hydrogen-bond donors (Lipinski definition) is 2. The predicted molar refractivity (Wildman–Crippen MR) is 85.9 cm³/mol. The Hall–Kier alpha value is -2.82. The lowest BCUT2D eigenvalue weighted by Crippen LogP contribution is -2.43. The van der Waals surface area contributed by atoms with Crippen LogP contribution in [0.4, 0.5) is 0 Å².